The molecule has 0 spiro atoms. The van der Waals surface area contributed by atoms with Gasteiger partial charge in [0.1, 0.15) is 29.2 Å². The van der Waals surface area contributed by atoms with E-state index < -0.39 is 46.8 Å². The molecule has 1 fully saturated rings. The number of Topliss-reactive ketones (excluding diaryl/α,β-unsaturated/α-hetero) is 1. The molecular weight excluding hydrogens is 700 g/mol. The molecule has 0 atom stereocenters. The van der Waals surface area contributed by atoms with Crippen LogP contribution >= 0.6 is 0 Å². The number of benzene rings is 3. The zero-order valence-electron chi connectivity index (χ0n) is 26.7. The van der Waals surface area contributed by atoms with Crippen LogP contribution in [-0.4, -0.2) is 78.8 Å². The van der Waals surface area contributed by atoms with Crippen molar-refractivity contribution in [1.29, 1.82) is 0 Å². The predicted molar refractivity (Wildman–Crippen MR) is 168 cm³/mol. The molecule has 0 unspecified atom stereocenters. The monoisotopic (exact) mass is 731 g/mol. The lowest BCUT2D eigenvalue weighted by atomic mass is 9.92. The van der Waals surface area contributed by atoms with E-state index in [1.54, 1.807) is 24.3 Å². The maximum absolute atomic E-state index is 13.5. The lowest BCUT2D eigenvalue weighted by Crippen LogP contribution is -2.46. The van der Waals surface area contributed by atoms with Gasteiger partial charge >= 0.3 is 12.4 Å². The maximum Gasteiger partial charge on any atom is 0.423 e. The third-order valence-corrected chi connectivity index (χ3v) is 9.52. The van der Waals surface area contributed by atoms with Gasteiger partial charge in [-0.05, 0) is 60.4 Å². The molecule has 0 radical (unpaired) electrons. The Morgan fingerprint density at radius 1 is 0.900 bits per heavy atom. The molecule has 4 aromatic rings. The number of ketones is 1. The smallest absolute Gasteiger partial charge is 0.423 e. The van der Waals surface area contributed by atoms with E-state index in [4.69, 9.17) is 18.7 Å². The lowest BCUT2D eigenvalue weighted by molar-refractivity contribution is -0.319. The summed E-state index contributed by atoms with van der Waals surface area (Å²) in [6, 6.07) is 15.1. The molecule has 18 heteroatoms. The first-order valence-corrected chi connectivity index (χ1v) is 16.4. The van der Waals surface area contributed by atoms with Gasteiger partial charge in [0.15, 0.2) is 22.1 Å². The van der Waals surface area contributed by atoms with Gasteiger partial charge in [-0.15, -0.1) is 0 Å². The van der Waals surface area contributed by atoms with Gasteiger partial charge < -0.3 is 28.4 Å². The maximum atomic E-state index is 13.5. The van der Waals surface area contributed by atoms with Crippen molar-refractivity contribution in [3.63, 3.8) is 0 Å². The van der Waals surface area contributed by atoms with E-state index >= 15 is 0 Å². The van der Waals surface area contributed by atoms with E-state index in [1.807, 2.05) is 23.1 Å². The summed E-state index contributed by atoms with van der Waals surface area (Å²) in [5.74, 6) is -1.39. The van der Waals surface area contributed by atoms with Crippen LogP contribution in [0.15, 0.2) is 64.0 Å². The molecule has 1 saturated heterocycles. The van der Waals surface area contributed by atoms with Gasteiger partial charge in [-0.25, -0.2) is 8.42 Å². The standard InChI is InChI=1S/C32H31F6N3O8S/c1-45-23-8-5-9-24(46-2)28(23)50(43,44)40-29-27-25(47-3)15-20(16-26(27)49-39-29)19-6-4-7-21(14-19)41-12-10-18(11-13-41)22(42)17-48-30(31(33,34)35)32(36,37)38/h4-9,14-16,18,30H,10-13,17H2,1-3H3,(H,39,40). The number of aromatic nitrogens is 1. The second kappa shape index (κ2) is 14.3. The number of hydrogen-bond acceptors (Lipinski definition) is 10. The number of alkyl halides is 6. The van der Waals surface area contributed by atoms with Gasteiger partial charge in [-0.1, -0.05) is 23.4 Å². The molecular formula is C32H31F6N3O8S. The van der Waals surface area contributed by atoms with E-state index in [1.165, 1.54) is 33.5 Å². The molecule has 0 amide bonds. The Morgan fingerprint density at radius 2 is 1.50 bits per heavy atom. The highest BCUT2D eigenvalue weighted by atomic mass is 32.2. The molecule has 5 rings (SSSR count). The van der Waals surface area contributed by atoms with Crippen LogP contribution in [0.1, 0.15) is 12.8 Å². The lowest BCUT2D eigenvalue weighted by Gasteiger charge is -2.33. The Kier molecular flexibility index (Phi) is 10.4. The van der Waals surface area contributed by atoms with Crippen molar-refractivity contribution in [1.82, 2.24) is 5.16 Å². The largest absolute Gasteiger partial charge is 0.496 e. The van der Waals surface area contributed by atoms with E-state index in [-0.39, 0.29) is 51.8 Å². The average Bonchev–Trinajstić information content (AvgIpc) is 3.48. The summed E-state index contributed by atoms with van der Waals surface area (Å²) < 4.78 is 132. The van der Waals surface area contributed by atoms with E-state index in [2.05, 4.69) is 14.6 Å². The van der Waals surface area contributed by atoms with Crippen LogP contribution in [0, 0.1) is 5.92 Å². The van der Waals surface area contributed by atoms with Gasteiger partial charge in [-0.2, -0.15) is 26.3 Å². The van der Waals surface area contributed by atoms with Crippen LogP contribution in [0.4, 0.5) is 37.8 Å². The molecule has 0 bridgehead atoms. The minimum Gasteiger partial charge on any atom is -0.496 e. The first-order valence-electron chi connectivity index (χ1n) is 14.9. The molecule has 3 aromatic carbocycles. The minimum atomic E-state index is -5.69. The highest BCUT2D eigenvalue weighted by Gasteiger charge is 2.58. The van der Waals surface area contributed by atoms with E-state index in [0.717, 1.165) is 5.69 Å². The SMILES string of the molecule is COc1cccc(OC)c1S(=O)(=O)Nc1noc2cc(-c3cccc(N4CCC(C(=O)COC(C(F)(F)F)C(F)(F)F)CC4)c3)cc(OC)c12. The van der Waals surface area contributed by atoms with Crippen LogP contribution in [0.3, 0.4) is 0 Å². The molecule has 270 valence electrons. The number of halogens is 6. The summed E-state index contributed by atoms with van der Waals surface area (Å²) in [6.45, 7) is -0.673. The molecule has 1 N–H and O–H groups in total. The Bertz CT molecular complexity index is 1920. The number of carbonyl (C=O) groups is 1. The average molecular weight is 732 g/mol. The third-order valence-electron chi connectivity index (χ3n) is 8.12. The van der Waals surface area contributed by atoms with Crippen LogP contribution in [0.2, 0.25) is 0 Å². The van der Waals surface area contributed by atoms with Gasteiger partial charge in [0.2, 0.25) is 6.10 Å². The van der Waals surface area contributed by atoms with Crippen LogP contribution in [0.5, 0.6) is 17.2 Å². The first-order chi connectivity index (χ1) is 23.6. The quantitative estimate of drug-likeness (QED) is 0.159. The fraction of sp³-hybridized carbons (Fsp3) is 0.375. The van der Waals surface area contributed by atoms with Crippen molar-refractivity contribution in [3.05, 3.63) is 54.6 Å². The number of nitrogens with one attached hydrogen (secondary N) is 1. The Balaban J connectivity index is 1.31. The highest BCUT2D eigenvalue weighted by molar-refractivity contribution is 7.93. The molecule has 0 saturated carbocycles. The van der Waals surface area contributed by atoms with Crippen LogP contribution in [0.25, 0.3) is 22.1 Å². The zero-order chi connectivity index (χ0) is 36.4. The van der Waals surface area contributed by atoms with Gasteiger partial charge in [-0.3, -0.25) is 9.52 Å². The van der Waals surface area contributed by atoms with Crippen LogP contribution in [-0.2, 0) is 19.6 Å². The summed E-state index contributed by atoms with van der Waals surface area (Å²) in [4.78, 5) is 14.2. The predicted octanol–water partition coefficient (Wildman–Crippen LogP) is 6.62. The number of methoxy groups -OCH3 is 3. The third kappa shape index (κ3) is 7.70. The summed E-state index contributed by atoms with van der Waals surface area (Å²) in [5, 5.41) is 4.18. The number of sulfonamides is 1. The van der Waals surface area contributed by atoms with Crippen molar-refractivity contribution >= 4 is 38.3 Å². The molecule has 2 heterocycles. The van der Waals surface area contributed by atoms with Crippen molar-refractivity contribution in [2.24, 2.45) is 5.92 Å². The summed E-state index contributed by atoms with van der Waals surface area (Å²) in [5.41, 5.74) is 2.28. The Morgan fingerprint density at radius 3 is 2.08 bits per heavy atom. The second-order valence-corrected chi connectivity index (χ2v) is 12.9. The molecule has 11 nitrogen and oxygen atoms in total. The number of ether oxygens (including phenoxy) is 4. The molecule has 1 aliphatic heterocycles. The number of hydrogen-bond donors (Lipinski definition) is 1. The van der Waals surface area contributed by atoms with Gasteiger partial charge in [0.05, 0.1) is 21.3 Å². The fourth-order valence-corrected chi connectivity index (χ4v) is 7.02. The summed E-state index contributed by atoms with van der Waals surface area (Å²) >= 11 is 0. The molecule has 1 aliphatic rings. The number of piperidine rings is 1. The van der Waals surface area contributed by atoms with Crippen LogP contribution < -0.4 is 23.8 Å². The topological polar surface area (TPSA) is 129 Å². The highest BCUT2D eigenvalue weighted by Crippen LogP contribution is 2.41. The van der Waals surface area contributed by atoms with Gasteiger partial charge in [0.25, 0.3) is 10.0 Å². The minimum absolute atomic E-state index is 0.0450. The van der Waals surface area contributed by atoms with Crippen molar-refractivity contribution in [3.8, 4) is 28.4 Å². The summed E-state index contributed by atoms with van der Waals surface area (Å²) in [6.07, 6.45) is -15.0. The van der Waals surface area contributed by atoms with Crippen molar-refractivity contribution in [2.45, 2.75) is 36.2 Å². The molecule has 1 aromatic heterocycles. The normalized spacial score (nSPS) is 14.6. The first kappa shape index (κ1) is 36.6. The second-order valence-electron chi connectivity index (χ2n) is 11.2. The Labute approximate surface area is 282 Å². The van der Waals surface area contributed by atoms with Crippen molar-refractivity contribution < 1.29 is 63.0 Å². The zero-order valence-corrected chi connectivity index (χ0v) is 27.5. The Hall–Kier alpha value is -4.71. The number of carbonyl (C=O) groups excluding carboxylic acids is 1. The van der Waals surface area contributed by atoms with E-state index in [9.17, 15) is 39.6 Å². The number of nitrogens with zero attached hydrogens (tertiary/aromatic N) is 2. The van der Waals surface area contributed by atoms with Gasteiger partial charge in [0, 0.05) is 24.7 Å². The number of rotatable bonds is 12. The number of anilines is 2. The molecule has 0 aliphatic carbocycles. The van der Waals surface area contributed by atoms with Crippen molar-refractivity contribution in [2.75, 3.05) is 50.6 Å². The molecule has 50 heavy (non-hydrogen) atoms. The number of fused-ring (bicyclic) bond motifs is 1. The fourth-order valence-electron chi connectivity index (χ4n) is 5.69. The van der Waals surface area contributed by atoms with E-state index in [0.29, 0.717) is 24.2 Å². The summed E-state index contributed by atoms with van der Waals surface area (Å²) in [7, 11) is -0.258.